The number of nitrogens with two attached hydrogens (primary N) is 1. The van der Waals surface area contributed by atoms with Crippen molar-refractivity contribution in [3.05, 3.63) is 69.8 Å². The quantitative estimate of drug-likeness (QED) is 0.601. The molecule has 0 aliphatic carbocycles. The van der Waals surface area contributed by atoms with Crippen molar-refractivity contribution in [1.82, 2.24) is 4.72 Å². The Morgan fingerprint density at radius 2 is 1.83 bits per heavy atom. The molecule has 0 unspecified atom stereocenters. The summed E-state index contributed by atoms with van der Waals surface area (Å²) < 4.78 is 27.4. The highest BCUT2D eigenvalue weighted by molar-refractivity contribution is 7.89. The van der Waals surface area contributed by atoms with Gasteiger partial charge in [-0.15, -0.1) is 0 Å². The zero-order valence-corrected chi connectivity index (χ0v) is 13.5. The van der Waals surface area contributed by atoms with Crippen LogP contribution in [0.2, 0.25) is 0 Å². The number of primary amides is 1. The monoisotopic (exact) mass is 349 g/mol. The summed E-state index contributed by atoms with van der Waals surface area (Å²) in [6, 6.07) is 10.3. The van der Waals surface area contributed by atoms with Crippen molar-refractivity contribution < 1.29 is 18.1 Å². The Labute approximate surface area is 138 Å². The fourth-order valence-electron chi connectivity index (χ4n) is 2.15. The molecule has 0 fully saturated rings. The van der Waals surface area contributed by atoms with Gasteiger partial charge < -0.3 is 5.73 Å². The van der Waals surface area contributed by atoms with Crippen molar-refractivity contribution in [3.8, 4) is 0 Å². The molecule has 8 nitrogen and oxygen atoms in total. The largest absolute Gasteiger partial charge is 0.368 e. The molecule has 0 heterocycles. The van der Waals surface area contributed by atoms with Crippen molar-refractivity contribution in [1.29, 1.82) is 0 Å². The Kier molecular flexibility index (Phi) is 4.96. The molecule has 0 aromatic heterocycles. The summed E-state index contributed by atoms with van der Waals surface area (Å²) >= 11 is 0. The topological polar surface area (TPSA) is 132 Å². The molecule has 1 atom stereocenters. The van der Waals surface area contributed by atoms with Crippen LogP contribution >= 0.6 is 0 Å². The molecule has 24 heavy (non-hydrogen) atoms. The molecule has 0 radical (unpaired) electrons. The van der Waals surface area contributed by atoms with Crippen molar-refractivity contribution in [3.63, 3.8) is 0 Å². The maximum Gasteiger partial charge on any atom is 0.270 e. The molecule has 0 saturated carbocycles. The maximum atomic E-state index is 12.6. The lowest BCUT2D eigenvalue weighted by atomic mass is 10.1. The van der Waals surface area contributed by atoms with E-state index >= 15 is 0 Å². The standard InChI is InChI=1S/C15H15N3O5S/c1-10-7-8-12(18(20)21)9-13(10)24(22,23)17-14(15(16)19)11-5-3-2-4-6-11/h2-9,14,17H,1H3,(H2,16,19)/t14-/m1/s1. The Bertz CT molecular complexity index is 881. The molecule has 0 spiro atoms. The van der Waals surface area contributed by atoms with E-state index in [9.17, 15) is 23.3 Å². The van der Waals surface area contributed by atoms with E-state index in [1.807, 2.05) is 0 Å². The molecule has 1 amide bonds. The van der Waals surface area contributed by atoms with Crippen molar-refractivity contribution in [2.75, 3.05) is 0 Å². The summed E-state index contributed by atoms with van der Waals surface area (Å²) in [5.41, 5.74) is 5.61. The molecule has 0 aliphatic rings. The molecule has 9 heteroatoms. The summed E-state index contributed by atoms with van der Waals surface area (Å²) in [6.07, 6.45) is 0. The van der Waals surface area contributed by atoms with Crippen LogP contribution in [0.1, 0.15) is 17.2 Å². The first-order chi connectivity index (χ1) is 11.2. The minimum Gasteiger partial charge on any atom is -0.368 e. The summed E-state index contributed by atoms with van der Waals surface area (Å²) in [6.45, 7) is 1.50. The number of non-ortho nitro benzene ring substituents is 1. The van der Waals surface area contributed by atoms with Crippen LogP contribution in [-0.4, -0.2) is 19.2 Å². The van der Waals surface area contributed by atoms with E-state index in [2.05, 4.69) is 4.72 Å². The summed E-state index contributed by atoms with van der Waals surface area (Å²) in [5.74, 6) is -0.882. The van der Waals surface area contributed by atoms with E-state index in [0.29, 0.717) is 11.1 Å². The van der Waals surface area contributed by atoms with Crippen LogP contribution in [-0.2, 0) is 14.8 Å². The summed E-state index contributed by atoms with van der Waals surface area (Å²) in [7, 11) is -4.19. The maximum absolute atomic E-state index is 12.6. The minimum absolute atomic E-state index is 0.279. The minimum atomic E-state index is -4.19. The first-order valence-electron chi connectivity index (χ1n) is 6.84. The van der Waals surface area contributed by atoms with Gasteiger partial charge in [0.1, 0.15) is 6.04 Å². The van der Waals surface area contributed by atoms with Crippen molar-refractivity contribution in [2.45, 2.75) is 17.9 Å². The summed E-state index contributed by atoms with van der Waals surface area (Å²) in [5, 5.41) is 10.9. The van der Waals surface area contributed by atoms with E-state index in [4.69, 9.17) is 5.73 Å². The second-order valence-corrected chi connectivity index (χ2v) is 6.76. The number of rotatable bonds is 6. The van der Waals surface area contributed by atoms with Crippen LogP contribution in [0.25, 0.3) is 0 Å². The highest BCUT2D eigenvalue weighted by Crippen LogP contribution is 2.23. The van der Waals surface area contributed by atoms with Crippen molar-refractivity contribution in [2.24, 2.45) is 5.73 Å². The number of benzene rings is 2. The zero-order valence-electron chi connectivity index (χ0n) is 12.7. The number of amides is 1. The van der Waals surface area contributed by atoms with E-state index in [1.54, 1.807) is 30.3 Å². The Hall–Kier alpha value is -2.78. The first-order valence-corrected chi connectivity index (χ1v) is 8.32. The number of carbonyl (C=O) groups excluding carboxylic acids is 1. The molecule has 2 aromatic rings. The van der Waals surface area contributed by atoms with Crippen molar-refractivity contribution >= 4 is 21.6 Å². The van der Waals surface area contributed by atoms with Gasteiger partial charge in [-0.2, -0.15) is 4.72 Å². The number of nitrogens with one attached hydrogen (secondary N) is 1. The average molecular weight is 349 g/mol. The van der Waals surface area contributed by atoms with E-state index in [1.165, 1.54) is 19.1 Å². The molecule has 0 bridgehead atoms. The van der Waals surface area contributed by atoms with Gasteiger partial charge in [-0.1, -0.05) is 36.4 Å². The SMILES string of the molecule is Cc1ccc([N+](=O)[O-])cc1S(=O)(=O)N[C@@H](C(N)=O)c1ccccc1. The number of nitro groups is 1. The van der Waals surface area contributed by atoms with Gasteiger partial charge in [-0.25, -0.2) is 8.42 Å². The third-order valence-corrected chi connectivity index (χ3v) is 4.93. The Balaban J connectivity index is 2.45. The zero-order chi connectivity index (χ0) is 17.9. The molecule has 2 aromatic carbocycles. The first kappa shape index (κ1) is 17.6. The lowest BCUT2D eigenvalue weighted by molar-refractivity contribution is -0.385. The van der Waals surface area contributed by atoms with E-state index in [0.717, 1.165) is 6.07 Å². The van der Waals surface area contributed by atoms with Gasteiger partial charge in [0.05, 0.1) is 9.82 Å². The Morgan fingerprint density at radius 1 is 1.21 bits per heavy atom. The van der Waals surface area contributed by atoms with Gasteiger partial charge in [-0.3, -0.25) is 14.9 Å². The normalized spacial score (nSPS) is 12.5. The average Bonchev–Trinajstić information content (AvgIpc) is 2.53. The fraction of sp³-hybridized carbons (Fsp3) is 0.133. The molecule has 2 rings (SSSR count). The van der Waals surface area contributed by atoms with Gasteiger partial charge in [0.15, 0.2) is 0 Å². The lowest BCUT2D eigenvalue weighted by Crippen LogP contribution is -2.37. The van der Waals surface area contributed by atoms with E-state index in [-0.39, 0.29) is 10.6 Å². The molecule has 0 aliphatic heterocycles. The molecule has 0 saturated heterocycles. The van der Waals surface area contributed by atoms with Crippen LogP contribution in [0, 0.1) is 17.0 Å². The van der Waals surface area contributed by atoms with Gasteiger partial charge in [-0.05, 0) is 18.1 Å². The third-order valence-electron chi connectivity index (χ3n) is 3.36. The predicted octanol–water partition coefficient (Wildman–Crippen LogP) is 1.41. The van der Waals surface area contributed by atoms with Gasteiger partial charge in [0.25, 0.3) is 5.69 Å². The second-order valence-electron chi connectivity index (χ2n) is 5.07. The predicted molar refractivity (Wildman–Crippen MR) is 86.5 cm³/mol. The number of nitro benzene ring substituents is 1. The second kappa shape index (κ2) is 6.77. The lowest BCUT2D eigenvalue weighted by Gasteiger charge is -2.17. The fourth-order valence-corrected chi connectivity index (χ4v) is 3.60. The van der Waals surface area contributed by atoms with Crippen LogP contribution < -0.4 is 10.5 Å². The van der Waals surface area contributed by atoms with Crippen LogP contribution in [0.15, 0.2) is 53.4 Å². The van der Waals surface area contributed by atoms with Crippen LogP contribution in [0.3, 0.4) is 0 Å². The van der Waals surface area contributed by atoms with E-state index < -0.39 is 26.9 Å². The molecule has 126 valence electrons. The summed E-state index contributed by atoms with van der Waals surface area (Å²) in [4.78, 5) is 21.5. The van der Waals surface area contributed by atoms with Gasteiger partial charge >= 0.3 is 0 Å². The highest BCUT2D eigenvalue weighted by atomic mass is 32.2. The van der Waals surface area contributed by atoms with Crippen LogP contribution in [0.4, 0.5) is 5.69 Å². The van der Waals surface area contributed by atoms with Gasteiger partial charge in [0, 0.05) is 12.1 Å². The van der Waals surface area contributed by atoms with Gasteiger partial charge in [0.2, 0.25) is 15.9 Å². The number of hydrogen-bond donors (Lipinski definition) is 2. The number of sulfonamides is 1. The highest BCUT2D eigenvalue weighted by Gasteiger charge is 2.27. The molecular formula is C15H15N3O5S. The molecular weight excluding hydrogens is 334 g/mol. The number of hydrogen-bond acceptors (Lipinski definition) is 5. The number of aryl methyl sites for hydroxylation is 1. The smallest absolute Gasteiger partial charge is 0.270 e. The van der Waals surface area contributed by atoms with Crippen LogP contribution in [0.5, 0.6) is 0 Å². The Morgan fingerprint density at radius 3 is 2.38 bits per heavy atom. The third kappa shape index (κ3) is 3.76. The number of nitrogens with zero attached hydrogens (tertiary/aromatic N) is 1. The molecule has 3 N–H and O–H groups in total. The number of carbonyl (C=O) groups is 1.